The van der Waals surface area contributed by atoms with Crippen molar-refractivity contribution < 1.29 is 14.7 Å². The van der Waals surface area contributed by atoms with Crippen LogP contribution in [0.1, 0.15) is 18.4 Å². The highest BCUT2D eigenvalue weighted by Gasteiger charge is 2.31. The molecule has 1 N–H and O–H groups in total. The molecule has 1 heterocycles. The Bertz CT molecular complexity index is 613. The van der Waals surface area contributed by atoms with Crippen molar-refractivity contribution in [3.8, 4) is 0 Å². The van der Waals surface area contributed by atoms with Crippen LogP contribution in [0.2, 0.25) is 0 Å². The van der Waals surface area contributed by atoms with Gasteiger partial charge in [-0.2, -0.15) is 0 Å². The average molecular weight is 433 g/mol. The van der Waals surface area contributed by atoms with Gasteiger partial charge in [0.2, 0.25) is 0 Å². The summed E-state index contributed by atoms with van der Waals surface area (Å²) in [7, 11) is 0. The molecule has 0 saturated carbocycles. The molecular weight excluding hydrogens is 421 g/mol. The van der Waals surface area contributed by atoms with Crippen LogP contribution in [-0.4, -0.2) is 32.7 Å². The summed E-state index contributed by atoms with van der Waals surface area (Å²) in [5.41, 5.74) is 0.946. The molecule has 4 nitrogen and oxygen atoms in total. The zero-order chi connectivity index (χ0) is 15.4. The second kappa shape index (κ2) is 7.37. The van der Waals surface area contributed by atoms with E-state index in [0.29, 0.717) is 22.2 Å². The first-order valence-corrected chi connectivity index (χ1v) is 8.50. The Morgan fingerprint density at radius 2 is 2.05 bits per heavy atom. The van der Waals surface area contributed by atoms with E-state index in [1.807, 2.05) is 30.3 Å². The van der Waals surface area contributed by atoms with Crippen LogP contribution in [0.5, 0.6) is 0 Å². The number of nitrogens with zero attached hydrogens (tertiary/aromatic N) is 1. The number of hydrogen-bond donors (Lipinski definition) is 1. The van der Waals surface area contributed by atoms with Gasteiger partial charge in [-0.1, -0.05) is 36.1 Å². The van der Waals surface area contributed by atoms with Crippen LogP contribution in [0, 0.1) is 3.57 Å². The fourth-order valence-electron chi connectivity index (χ4n) is 1.79. The molecule has 7 heteroatoms. The van der Waals surface area contributed by atoms with Crippen molar-refractivity contribution in [2.75, 3.05) is 6.54 Å². The van der Waals surface area contributed by atoms with E-state index in [9.17, 15) is 9.59 Å². The van der Waals surface area contributed by atoms with E-state index in [1.165, 1.54) is 16.7 Å². The van der Waals surface area contributed by atoms with Crippen LogP contribution in [0.25, 0.3) is 6.08 Å². The maximum Gasteiger partial charge on any atom is 0.303 e. The highest BCUT2D eigenvalue weighted by atomic mass is 127. The Kier molecular flexibility index (Phi) is 5.77. The molecule has 1 aliphatic rings. The van der Waals surface area contributed by atoms with E-state index < -0.39 is 5.97 Å². The Morgan fingerprint density at radius 3 is 2.67 bits per heavy atom. The number of carboxylic acid groups (broad SMARTS) is 1. The summed E-state index contributed by atoms with van der Waals surface area (Å²) < 4.78 is 1.62. The van der Waals surface area contributed by atoms with Crippen molar-refractivity contribution in [2.24, 2.45) is 0 Å². The van der Waals surface area contributed by atoms with E-state index in [2.05, 4.69) is 22.6 Å². The first kappa shape index (κ1) is 16.4. The molecule has 1 saturated heterocycles. The highest BCUT2D eigenvalue weighted by molar-refractivity contribution is 14.1. The molecule has 0 atom stereocenters. The summed E-state index contributed by atoms with van der Waals surface area (Å²) in [6.45, 7) is 0.348. The number of hydrogen-bond acceptors (Lipinski definition) is 4. The molecular formula is C14H12INO3S2. The predicted molar refractivity (Wildman–Crippen MR) is 95.9 cm³/mol. The van der Waals surface area contributed by atoms with Crippen LogP contribution in [0.4, 0.5) is 0 Å². The summed E-state index contributed by atoms with van der Waals surface area (Å²) in [5, 5.41) is 8.63. The molecule has 1 aromatic carbocycles. The van der Waals surface area contributed by atoms with Crippen LogP contribution < -0.4 is 0 Å². The Hall–Kier alpha value is -0.930. The van der Waals surface area contributed by atoms with Gasteiger partial charge in [-0.15, -0.1) is 0 Å². The van der Waals surface area contributed by atoms with Gasteiger partial charge in [0, 0.05) is 16.5 Å². The Morgan fingerprint density at radius 1 is 1.38 bits per heavy atom. The topological polar surface area (TPSA) is 57.6 Å². The quantitative estimate of drug-likeness (QED) is 0.439. The van der Waals surface area contributed by atoms with Crippen LogP contribution >= 0.6 is 46.6 Å². The largest absolute Gasteiger partial charge is 0.481 e. The van der Waals surface area contributed by atoms with Crippen molar-refractivity contribution in [3.63, 3.8) is 0 Å². The lowest BCUT2D eigenvalue weighted by Gasteiger charge is -2.13. The van der Waals surface area contributed by atoms with Crippen molar-refractivity contribution >= 4 is 68.8 Å². The molecule has 1 fully saturated rings. The van der Waals surface area contributed by atoms with Gasteiger partial charge in [-0.05, 0) is 52.8 Å². The zero-order valence-electron chi connectivity index (χ0n) is 10.9. The maximum absolute atomic E-state index is 12.3. The monoisotopic (exact) mass is 433 g/mol. The first-order valence-electron chi connectivity index (χ1n) is 6.20. The molecule has 1 aromatic rings. The van der Waals surface area contributed by atoms with Gasteiger partial charge in [0.15, 0.2) is 0 Å². The minimum atomic E-state index is -0.866. The summed E-state index contributed by atoms with van der Waals surface area (Å²) in [4.78, 5) is 24.8. The third-order valence-corrected chi connectivity index (χ3v) is 4.91. The lowest BCUT2D eigenvalue weighted by molar-refractivity contribution is -0.137. The molecule has 110 valence electrons. The number of carbonyl (C=O) groups excluding carboxylic acids is 1. The molecule has 0 unspecified atom stereocenters. The van der Waals surface area contributed by atoms with E-state index in [4.69, 9.17) is 17.3 Å². The third kappa shape index (κ3) is 4.52. The standard InChI is InChI=1S/C14H12INO3S2/c15-10-5-3-9(4-6-10)8-11-13(19)16(14(20)21-11)7-1-2-12(17)18/h3-6,8H,1-2,7H2,(H,17,18)/b11-8-. The minimum absolute atomic E-state index is 0.0350. The molecule has 0 aromatic heterocycles. The number of benzene rings is 1. The number of halogens is 1. The number of aliphatic carboxylic acids is 1. The van der Waals surface area contributed by atoms with Crippen LogP contribution in [-0.2, 0) is 9.59 Å². The molecule has 21 heavy (non-hydrogen) atoms. The molecule has 0 bridgehead atoms. The number of carboxylic acids is 1. The zero-order valence-corrected chi connectivity index (χ0v) is 14.7. The van der Waals surface area contributed by atoms with Crippen molar-refractivity contribution in [1.29, 1.82) is 0 Å². The third-order valence-electron chi connectivity index (χ3n) is 2.81. The highest BCUT2D eigenvalue weighted by Crippen LogP contribution is 2.32. The van der Waals surface area contributed by atoms with E-state index in [1.54, 1.807) is 0 Å². The fourth-order valence-corrected chi connectivity index (χ4v) is 3.46. The number of amides is 1. The molecule has 1 aliphatic heterocycles. The summed E-state index contributed by atoms with van der Waals surface area (Å²) in [5.74, 6) is -1.01. The SMILES string of the molecule is O=C(O)CCCN1C(=O)/C(=C/c2ccc(I)cc2)SC1=S. The first-order chi connectivity index (χ1) is 9.97. The summed E-state index contributed by atoms with van der Waals surface area (Å²) >= 11 is 8.67. The van der Waals surface area contributed by atoms with Crippen LogP contribution in [0.3, 0.4) is 0 Å². The number of thiocarbonyl (C=S) groups is 1. The van der Waals surface area contributed by atoms with Crippen molar-refractivity contribution in [3.05, 3.63) is 38.3 Å². The molecule has 0 radical (unpaired) electrons. The Balaban J connectivity index is 2.06. The van der Waals surface area contributed by atoms with Crippen molar-refractivity contribution in [2.45, 2.75) is 12.8 Å². The van der Waals surface area contributed by atoms with E-state index in [-0.39, 0.29) is 12.3 Å². The minimum Gasteiger partial charge on any atom is -0.481 e. The van der Waals surface area contributed by atoms with Gasteiger partial charge in [0.1, 0.15) is 4.32 Å². The van der Waals surface area contributed by atoms with Gasteiger partial charge in [-0.25, -0.2) is 0 Å². The Labute approximate surface area is 145 Å². The molecule has 1 amide bonds. The summed E-state index contributed by atoms with van der Waals surface area (Å²) in [6.07, 6.45) is 2.25. The number of carbonyl (C=O) groups is 2. The van der Waals surface area contributed by atoms with E-state index in [0.717, 1.165) is 9.13 Å². The number of rotatable bonds is 5. The van der Waals surface area contributed by atoms with Gasteiger partial charge in [0.05, 0.1) is 4.91 Å². The molecule has 0 aliphatic carbocycles. The predicted octanol–water partition coefficient (Wildman–Crippen LogP) is 3.36. The lowest BCUT2D eigenvalue weighted by Crippen LogP contribution is -2.29. The normalized spacial score (nSPS) is 16.8. The maximum atomic E-state index is 12.3. The second-order valence-corrected chi connectivity index (χ2v) is 7.30. The van der Waals surface area contributed by atoms with Crippen molar-refractivity contribution in [1.82, 2.24) is 4.90 Å². The van der Waals surface area contributed by atoms with E-state index >= 15 is 0 Å². The van der Waals surface area contributed by atoms with Gasteiger partial charge in [-0.3, -0.25) is 14.5 Å². The lowest BCUT2D eigenvalue weighted by atomic mass is 10.2. The molecule has 0 spiro atoms. The second-order valence-electron chi connectivity index (χ2n) is 4.38. The van der Waals surface area contributed by atoms with Gasteiger partial charge < -0.3 is 5.11 Å². The van der Waals surface area contributed by atoms with Crippen LogP contribution in [0.15, 0.2) is 29.2 Å². The number of thioether (sulfide) groups is 1. The summed E-state index contributed by atoms with van der Waals surface area (Å²) in [6, 6.07) is 7.83. The van der Waals surface area contributed by atoms with Gasteiger partial charge >= 0.3 is 5.97 Å². The van der Waals surface area contributed by atoms with Gasteiger partial charge in [0.25, 0.3) is 5.91 Å². The fraction of sp³-hybridized carbons (Fsp3) is 0.214. The average Bonchev–Trinajstić information content (AvgIpc) is 2.68. The molecule has 2 rings (SSSR count). The smallest absolute Gasteiger partial charge is 0.303 e.